The van der Waals surface area contributed by atoms with Crippen LogP contribution in [0.4, 0.5) is 0 Å². The van der Waals surface area contributed by atoms with Gasteiger partial charge in [0.25, 0.3) is 0 Å². The molecular weight excluding hydrogens is 519 g/mol. The molecule has 5 nitrogen and oxygen atoms in total. The molecule has 0 aromatic heterocycles. The van der Waals surface area contributed by atoms with Crippen LogP contribution in [0.5, 0.6) is 0 Å². The molecule has 2 atom stereocenters. The fourth-order valence-corrected chi connectivity index (χ4v) is 5.67. The first-order valence-corrected chi connectivity index (χ1v) is 18.1. The van der Waals surface area contributed by atoms with Crippen molar-refractivity contribution in [2.45, 2.75) is 219 Å². The van der Waals surface area contributed by atoms with E-state index in [2.05, 4.69) is 13.8 Å². The Morgan fingerprint density at radius 3 is 1.26 bits per heavy atom. The van der Waals surface area contributed by atoms with Gasteiger partial charge in [-0.05, 0) is 57.8 Å². The van der Waals surface area contributed by atoms with E-state index in [4.69, 9.17) is 4.74 Å². The summed E-state index contributed by atoms with van der Waals surface area (Å²) in [5, 5.41) is 20.5. The molecule has 0 amide bonds. The third-order valence-corrected chi connectivity index (χ3v) is 8.39. The molecule has 6 heteroatoms. The second-order valence-corrected chi connectivity index (χ2v) is 12.6. The summed E-state index contributed by atoms with van der Waals surface area (Å²) >= 11 is 0. The number of carbonyl (C=O) groups excluding carboxylic acids is 2. The minimum absolute atomic E-state index is 0. The number of carboxylic acids is 1. The number of esters is 1. The van der Waals surface area contributed by atoms with Crippen LogP contribution >= 0.6 is 0 Å². The maximum Gasteiger partial charge on any atom is 1.00 e. The molecular formula is C36H69LiO5. The third-order valence-electron chi connectivity index (χ3n) is 8.39. The molecule has 0 aromatic rings. The summed E-state index contributed by atoms with van der Waals surface area (Å²) in [6.07, 6.45) is 32.6. The molecule has 0 aliphatic rings. The van der Waals surface area contributed by atoms with Gasteiger partial charge in [0.2, 0.25) is 0 Å². The minimum Gasteiger partial charge on any atom is -0.550 e. The van der Waals surface area contributed by atoms with E-state index >= 15 is 0 Å². The topological polar surface area (TPSA) is 86.7 Å². The smallest absolute Gasteiger partial charge is 0.550 e. The number of hydrogen-bond donors (Lipinski definition) is 1. The van der Waals surface area contributed by atoms with Crippen molar-refractivity contribution in [3.8, 4) is 0 Å². The number of rotatable bonds is 33. The molecule has 244 valence electrons. The number of aliphatic hydroxyl groups excluding tert-OH is 1. The van der Waals surface area contributed by atoms with Crippen molar-refractivity contribution in [3.05, 3.63) is 0 Å². The Balaban J connectivity index is 0. The predicted molar refractivity (Wildman–Crippen MR) is 171 cm³/mol. The average Bonchev–Trinajstić information content (AvgIpc) is 2.95. The summed E-state index contributed by atoms with van der Waals surface area (Å²) in [6.45, 7) is 4.45. The van der Waals surface area contributed by atoms with Gasteiger partial charge in [-0.2, -0.15) is 0 Å². The van der Waals surface area contributed by atoms with Crippen molar-refractivity contribution in [3.63, 3.8) is 0 Å². The largest absolute Gasteiger partial charge is 1.00 e. The van der Waals surface area contributed by atoms with E-state index < -0.39 is 5.97 Å². The zero-order valence-corrected chi connectivity index (χ0v) is 28.4. The van der Waals surface area contributed by atoms with E-state index in [1.807, 2.05) is 0 Å². The first kappa shape index (κ1) is 43.6. The zero-order valence-electron chi connectivity index (χ0n) is 28.4. The maximum atomic E-state index is 12.5. The van der Waals surface area contributed by atoms with E-state index in [9.17, 15) is 19.8 Å². The summed E-state index contributed by atoms with van der Waals surface area (Å²) in [6, 6.07) is 0. The Morgan fingerprint density at radius 1 is 0.524 bits per heavy atom. The summed E-state index contributed by atoms with van der Waals surface area (Å²) < 4.78 is 5.94. The fraction of sp³-hybridized carbons (Fsp3) is 0.944. The fourth-order valence-electron chi connectivity index (χ4n) is 5.67. The molecule has 0 rings (SSSR count). The summed E-state index contributed by atoms with van der Waals surface area (Å²) in [7, 11) is 0. The van der Waals surface area contributed by atoms with Crippen LogP contribution in [0, 0.1) is 0 Å². The molecule has 0 saturated carbocycles. The Labute approximate surface area is 273 Å². The normalized spacial score (nSPS) is 12.5. The molecule has 1 N–H and O–H groups in total. The van der Waals surface area contributed by atoms with Crippen molar-refractivity contribution in [2.75, 3.05) is 0 Å². The van der Waals surface area contributed by atoms with Crippen LogP contribution in [0.15, 0.2) is 0 Å². The van der Waals surface area contributed by atoms with Gasteiger partial charge in [0.15, 0.2) is 0 Å². The van der Waals surface area contributed by atoms with Crippen molar-refractivity contribution in [2.24, 2.45) is 0 Å². The van der Waals surface area contributed by atoms with Crippen LogP contribution in [0.25, 0.3) is 0 Å². The number of carbonyl (C=O) groups is 2. The van der Waals surface area contributed by atoms with Crippen molar-refractivity contribution < 1.29 is 43.4 Å². The van der Waals surface area contributed by atoms with Crippen LogP contribution in [0.1, 0.15) is 206 Å². The van der Waals surface area contributed by atoms with Crippen LogP contribution in [0.3, 0.4) is 0 Å². The molecule has 0 aliphatic heterocycles. The Bertz CT molecular complexity index is 571. The molecule has 2 unspecified atom stereocenters. The summed E-state index contributed by atoms with van der Waals surface area (Å²) in [5.41, 5.74) is 0. The van der Waals surface area contributed by atoms with Crippen molar-refractivity contribution >= 4 is 11.9 Å². The number of ether oxygens (including phenoxy) is 1. The third kappa shape index (κ3) is 34.0. The molecule has 0 radical (unpaired) electrons. The molecule has 0 spiro atoms. The van der Waals surface area contributed by atoms with E-state index in [1.165, 1.54) is 103 Å². The predicted octanol–water partition coefficient (Wildman–Crippen LogP) is 6.76. The molecule has 0 bridgehead atoms. The standard InChI is InChI=1S/C36H70O5.Li/c1-3-5-7-21-27-33(37)28-22-17-13-9-12-16-20-26-32-36(40)41-34(29-23-8-6-4-2)30-24-18-14-10-11-15-19-25-31-35(38)39;/h33-34,37H,3-32H2,1-2H3,(H,38,39);/q;+1/p-1. The van der Waals surface area contributed by atoms with Gasteiger partial charge in [0.1, 0.15) is 6.10 Å². The van der Waals surface area contributed by atoms with Gasteiger partial charge in [-0.1, -0.05) is 142 Å². The molecule has 0 fully saturated rings. The second kappa shape index (κ2) is 35.0. The zero-order chi connectivity index (χ0) is 30.2. The number of aliphatic hydroxyl groups is 1. The van der Waals surface area contributed by atoms with Crippen LogP contribution < -0.4 is 24.0 Å². The van der Waals surface area contributed by atoms with Gasteiger partial charge in [-0.3, -0.25) is 4.79 Å². The van der Waals surface area contributed by atoms with E-state index in [-0.39, 0.29) is 43.5 Å². The van der Waals surface area contributed by atoms with Gasteiger partial charge in [0, 0.05) is 12.4 Å². The van der Waals surface area contributed by atoms with E-state index in [1.54, 1.807) is 0 Å². The number of carboxylic acid groups (broad SMARTS) is 1. The van der Waals surface area contributed by atoms with E-state index in [0.29, 0.717) is 6.42 Å². The van der Waals surface area contributed by atoms with Gasteiger partial charge in [-0.25, -0.2) is 0 Å². The minimum atomic E-state index is -0.937. The number of aliphatic carboxylic acids is 1. The number of hydrogen-bond acceptors (Lipinski definition) is 5. The molecule has 42 heavy (non-hydrogen) atoms. The van der Waals surface area contributed by atoms with Gasteiger partial charge in [-0.15, -0.1) is 0 Å². The molecule has 0 heterocycles. The first-order valence-electron chi connectivity index (χ1n) is 18.1. The molecule has 0 aliphatic carbocycles. The van der Waals surface area contributed by atoms with Gasteiger partial charge in [0.05, 0.1) is 6.10 Å². The van der Waals surface area contributed by atoms with Crippen LogP contribution in [0.2, 0.25) is 0 Å². The van der Waals surface area contributed by atoms with Gasteiger partial charge >= 0.3 is 24.8 Å². The van der Waals surface area contributed by atoms with Gasteiger partial charge < -0.3 is 19.7 Å². The molecule has 0 saturated heterocycles. The molecule has 0 aromatic carbocycles. The maximum absolute atomic E-state index is 12.5. The van der Waals surface area contributed by atoms with Crippen LogP contribution in [-0.4, -0.2) is 29.3 Å². The Kier molecular flexibility index (Phi) is 36.3. The number of unbranched alkanes of at least 4 members (excludes halogenated alkanes) is 20. The average molecular weight is 589 g/mol. The summed E-state index contributed by atoms with van der Waals surface area (Å²) in [5.74, 6) is -0.941. The summed E-state index contributed by atoms with van der Waals surface area (Å²) in [4.78, 5) is 23.0. The van der Waals surface area contributed by atoms with E-state index in [0.717, 1.165) is 77.0 Å². The Hall–Kier alpha value is -0.503. The van der Waals surface area contributed by atoms with Crippen molar-refractivity contribution in [1.82, 2.24) is 0 Å². The second-order valence-electron chi connectivity index (χ2n) is 12.6. The first-order chi connectivity index (χ1) is 20.0. The Morgan fingerprint density at radius 2 is 0.857 bits per heavy atom. The monoisotopic (exact) mass is 589 g/mol. The SMILES string of the molecule is CCCCCCC(O)CCCCCCCCCCC(=O)OC(CCCCCC)CCCCCCCCCCC(=O)[O-].[Li+]. The van der Waals surface area contributed by atoms with Crippen molar-refractivity contribution in [1.29, 1.82) is 0 Å². The quantitative estimate of drug-likeness (QED) is 0.0520. The van der Waals surface area contributed by atoms with Crippen LogP contribution in [-0.2, 0) is 14.3 Å².